The maximum absolute atomic E-state index is 11.9. The average Bonchev–Trinajstić information content (AvgIpc) is 2.67. The van der Waals surface area contributed by atoms with Crippen molar-refractivity contribution in [2.24, 2.45) is 0 Å². The summed E-state index contributed by atoms with van der Waals surface area (Å²) in [5, 5.41) is 5.82. The van der Waals surface area contributed by atoms with Gasteiger partial charge in [-0.15, -0.1) is 0 Å². The molecule has 0 unspecified atom stereocenters. The molecule has 0 radical (unpaired) electrons. The molecule has 0 heterocycles. The Balaban J connectivity index is 0.00000176. The third-order valence-electron chi connectivity index (χ3n) is 4.06. The Bertz CT molecular complexity index is 709. The predicted molar refractivity (Wildman–Crippen MR) is 114 cm³/mol. The molecule has 0 aromatic heterocycles. The van der Waals surface area contributed by atoms with E-state index in [1.165, 1.54) is 5.56 Å². The van der Waals surface area contributed by atoms with Crippen LogP contribution in [0.3, 0.4) is 0 Å². The minimum absolute atomic E-state index is 0.0215. The van der Waals surface area contributed by atoms with Crippen LogP contribution in [0.2, 0.25) is 0 Å². The third kappa shape index (κ3) is 9.04. The Morgan fingerprint density at radius 2 is 1.30 bits per heavy atom. The molecule has 0 aliphatic heterocycles. The summed E-state index contributed by atoms with van der Waals surface area (Å²) >= 11 is 0. The zero-order chi connectivity index (χ0) is 20.1. The van der Waals surface area contributed by atoms with E-state index >= 15 is 0 Å². The zero-order valence-electron chi connectivity index (χ0n) is 17.0. The normalized spacial score (nSPS) is 9.78. The van der Waals surface area contributed by atoms with Crippen molar-refractivity contribution in [2.45, 2.75) is 59.8 Å². The van der Waals surface area contributed by atoms with Crippen molar-refractivity contribution in [1.82, 2.24) is 0 Å². The monoisotopic (exact) mass is 368 g/mol. The van der Waals surface area contributed by atoms with Gasteiger partial charge in [-0.2, -0.15) is 0 Å². The Morgan fingerprint density at radius 3 is 1.89 bits per heavy atom. The van der Waals surface area contributed by atoms with Crippen molar-refractivity contribution in [3.05, 3.63) is 59.7 Å². The molecular formula is C23H32N2O2. The molecule has 0 atom stereocenters. The highest BCUT2D eigenvalue weighted by Crippen LogP contribution is 2.14. The first-order valence-corrected chi connectivity index (χ1v) is 9.76. The van der Waals surface area contributed by atoms with E-state index in [9.17, 15) is 9.59 Å². The van der Waals surface area contributed by atoms with Gasteiger partial charge < -0.3 is 10.6 Å². The highest BCUT2D eigenvalue weighted by Gasteiger charge is 2.05. The number of amides is 2. The minimum Gasteiger partial charge on any atom is -0.326 e. The van der Waals surface area contributed by atoms with Gasteiger partial charge in [0.25, 0.3) is 0 Å². The third-order valence-corrected chi connectivity index (χ3v) is 4.06. The van der Waals surface area contributed by atoms with E-state index in [1.54, 1.807) is 0 Å². The second kappa shape index (κ2) is 12.7. The first-order chi connectivity index (χ1) is 13.0. The number of benzene rings is 2. The van der Waals surface area contributed by atoms with Crippen LogP contribution in [0.5, 0.6) is 0 Å². The van der Waals surface area contributed by atoms with E-state index in [1.807, 2.05) is 76.2 Å². The van der Waals surface area contributed by atoms with Crippen LogP contribution in [0.15, 0.2) is 48.5 Å². The van der Waals surface area contributed by atoms with Gasteiger partial charge in [0.1, 0.15) is 0 Å². The van der Waals surface area contributed by atoms with Crippen LogP contribution >= 0.6 is 0 Å². The largest absolute Gasteiger partial charge is 0.326 e. The number of carbonyl (C=O) groups excluding carboxylic acids is 2. The molecule has 2 N–H and O–H groups in total. The van der Waals surface area contributed by atoms with Gasteiger partial charge in [-0.1, -0.05) is 56.2 Å². The number of anilines is 2. The zero-order valence-corrected chi connectivity index (χ0v) is 17.0. The Labute approximate surface area is 163 Å². The SMILES string of the molecule is CC.Cc1ccc(NC(=O)CCCCCC(=O)Nc2ccccc2C)cc1. The van der Waals surface area contributed by atoms with Crippen LogP contribution < -0.4 is 10.6 Å². The second-order valence-electron chi connectivity index (χ2n) is 6.34. The van der Waals surface area contributed by atoms with E-state index in [2.05, 4.69) is 10.6 Å². The van der Waals surface area contributed by atoms with Gasteiger partial charge in [0.05, 0.1) is 0 Å². The topological polar surface area (TPSA) is 58.2 Å². The number of aryl methyl sites for hydroxylation is 2. The molecule has 0 saturated heterocycles. The molecule has 4 heteroatoms. The maximum atomic E-state index is 11.9. The van der Waals surface area contributed by atoms with Crippen molar-refractivity contribution in [2.75, 3.05) is 10.6 Å². The fourth-order valence-electron chi connectivity index (χ4n) is 2.53. The highest BCUT2D eigenvalue weighted by molar-refractivity contribution is 5.91. The fraction of sp³-hybridized carbons (Fsp3) is 0.391. The molecule has 2 aromatic carbocycles. The molecule has 0 fully saturated rings. The quantitative estimate of drug-likeness (QED) is 0.574. The Hall–Kier alpha value is -2.62. The van der Waals surface area contributed by atoms with Crippen molar-refractivity contribution < 1.29 is 9.59 Å². The molecule has 27 heavy (non-hydrogen) atoms. The minimum atomic E-state index is 0.0215. The van der Waals surface area contributed by atoms with Crippen LogP contribution in [0.1, 0.15) is 57.1 Å². The van der Waals surface area contributed by atoms with Gasteiger partial charge in [-0.25, -0.2) is 0 Å². The van der Waals surface area contributed by atoms with Gasteiger partial charge in [0.15, 0.2) is 0 Å². The van der Waals surface area contributed by atoms with E-state index in [0.717, 1.165) is 36.2 Å². The molecule has 0 aliphatic carbocycles. The summed E-state index contributed by atoms with van der Waals surface area (Å²) in [6, 6.07) is 15.5. The summed E-state index contributed by atoms with van der Waals surface area (Å²) in [4.78, 5) is 23.8. The summed E-state index contributed by atoms with van der Waals surface area (Å²) in [5.74, 6) is 0.0478. The van der Waals surface area contributed by atoms with E-state index < -0.39 is 0 Å². The molecule has 4 nitrogen and oxygen atoms in total. The Kier molecular flexibility index (Phi) is 10.5. The molecule has 0 spiro atoms. The van der Waals surface area contributed by atoms with Gasteiger partial charge in [0, 0.05) is 24.2 Å². The summed E-state index contributed by atoms with van der Waals surface area (Å²) in [5.41, 5.74) is 3.92. The van der Waals surface area contributed by atoms with Crippen LogP contribution in [0.25, 0.3) is 0 Å². The first-order valence-electron chi connectivity index (χ1n) is 9.76. The summed E-state index contributed by atoms with van der Waals surface area (Å²) < 4.78 is 0. The lowest BCUT2D eigenvalue weighted by Gasteiger charge is -2.08. The van der Waals surface area contributed by atoms with E-state index in [0.29, 0.717) is 12.8 Å². The number of para-hydroxylation sites is 1. The summed E-state index contributed by atoms with van der Waals surface area (Å²) in [7, 11) is 0. The number of hydrogen-bond acceptors (Lipinski definition) is 2. The predicted octanol–water partition coefficient (Wildman–Crippen LogP) is 5.86. The molecule has 2 aromatic rings. The Morgan fingerprint density at radius 1 is 0.741 bits per heavy atom. The van der Waals surface area contributed by atoms with Crippen LogP contribution in [-0.4, -0.2) is 11.8 Å². The lowest BCUT2D eigenvalue weighted by molar-refractivity contribution is -0.116. The molecule has 146 valence electrons. The first kappa shape index (κ1) is 22.4. The maximum Gasteiger partial charge on any atom is 0.224 e. The average molecular weight is 369 g/mol. The van der Waals surface area contributed by atoms with Crippen molar-refractivity contribution in [3.63, 3.8) is 0 Å². The van der Waals surface area contributed by atoms with Crippen molar-refractivity contribution >= 4 is 23.2 Å². The highest BCUT2D eigenvalue weighted by atomic mass is 16.2. The smallest absolute Gasteiger partial charge is 0.224 e. The van der Waals surface area contributed by atoms with Gasteiger partial charge in [-0.3, -0.25) is 9.59 Å². The van der Waals surface area contributed by atoms with E-state index in [-0.39, 0.29) is 11.8 Å². The van der Waals surface area contributed by atoms with Crippen molar-refractivity contribution in [3.8, 4) is 0 Å². The molecular weight excluding hydrogens is 336 g/mol. The van der Waals surface area contributed by atoms with Gasteiger partial charge in [-0.05, 0) is 50.5 Å². The summed E-state index contributed by atoms with van der Waals surface area (Å²) in [6.07, 6.45) is 3.40. The number of carbonyl (C=O) groups is 2. The van der Waals surface area contributed by atoms with Gasteiger partial charge >= 0.3 is 0 Å². The molecule has 2 rings (SSSR count). The van der Waals surface area contributed by atoms with Crippen molar-refractivity contribution in [1.29, 1.82) is 0 Å². The molecule has 0 saturated carbocycles. The lowest BCUT2D eigenvalue weighted by atomic mass is 10.1. The van der Waals surface area contributed by atoms with Gasteiger partial charge in [0.2, 0.25) is 11.8 Å². The van der Waals surface area contributed by atoms with Crippen LogP contribution in [-0.2, 0) is 9.59 Å². The number of unbranched alkanes of at least 4 members (excludes halogenated alkanes) is 2. The molecule has 2 amide bonds. The number of nitrogens with one attached hydrogen (secondary N) is 2. The number of hydrogen-bond donors (Lipinski definition) is 2. The number of rotatable bonds is 8. The fourth-order valence-corrected chi connectivity index (χ4v) is 2.53. The standard InChI is InChI=1S/C21H26N2O2.C2H6/c1-16-12-14-18(15-13-16)22-20(24)10-4-3-5-11-21(25)23-19-9-7-6-8-17(19)2;1-2/h6-9,12-15H,3-5,10-11H2,1-2H3,(H,22,24)(H,23,25);1-2H3. The van der Waals surface area contributed by atoms with Crippen LogP contribution in [0.4, 0.5) is 11.4 Å². The second-order valence-corrected chi connectivity index (χ2v) is 6.34. The van der Waals surface area contributed by atoms with Crippen LogP contribution in [0, 0.1) is 13.8 Å². The lowest BCUT2D eigenvalue weighted by Crippen LogP contribution is -2.12. The van der Waals surface area contributed by atoms with E-state index in [4.69, 9.17) is 0 Å². The molecule has 0 aliphatic rings. The summed E-state index contributed by atoms with van der Waals surface area (Å²) in [6.45, 7) is 7.99. The molecule has 0 bridgehead atoms.